The lowest BCUT2D eigenvalue weighted by atomic mass is 10.1. The molecule has 3 atom stereocenters. The molecule has 3 rings (SSSR count). The van der Waals surface area contributed by atoms with E-state index in [-0.39, 0.29) is 30.1 Å². The number of aliphatic imine (C=N–C) groups is 1. The summed E-state index contributed by atoms with van der Waals surface area (Å²) in [6.45, 7) is 10.7. The molecule has 3 unspecified atom stereocenters. The van der Waals surface area contributed by atoms with Gasteiger partial charge in [0.25, 0.3) is 0 Å². The number of rotatable bonds is 8. The summed E-state index contributed by atoms with van der Waals surface area (Å²) in [6.07, 6.45) is 5.10. The SMILES string of the molecule is COCCN1C(C)CN(C(=NCC2CCCO2)NCCc2ccco2)CC1C.I. The van der Waals surface area contributed by atoms with Crippen molar-refractivity contribution in [3.8, 4) is 0 Å². The molecule has 0 aromatic carbocycles. The van der Waals surface area contributed by atoms with Gasteiger partial charge in [-0.2, -0.15) is 0 Å². The molecular weight excluding hydrogens is 483 g/mol. The van der Waals surface area contributed by atoms with Crippen LogP contribution in [0.15, 0.2) is 27.8 Å². The fraction of sp³-hybridized carbons (Fsp3) is 0.762. The molecular formula is C21H37IN4O3. The monoisotopic (exact) mass is 520 g/mol. The third kappa shape index (κ3) is 7.41. The molecule has 2 saturated heterocycles. The van der Waals surface area contributed by atoms with Crippen molar-refractivity contribution in [1.29, 1.82) is 0 Å². The van der Waals surface area contributed by atoms with E-state index in [1.807, 2.05) is 12.1 Å². The van der Waals surface area contributed by atoms with Gasteiger partial charge in [-0.15, -0.1) is 24.0 Å². The summed E-state index contributed by atoms with van der Waals surface area (Å²) in [5.41, 5.74) is 0. The van der Waals surface area contributed by atoms with Gasteiger partial charge in [0.05, 0.1) is 25.5 Å². The highest BCUT2D eigenvalue weighted by molar-refractivity contribution is 14.0. The van der Waals surface area contributed by atoms with Gasteiger partial charge in [0.1, 0.15) is 5.76 Å². The van der Waals surface area contributed by atoms with E-state index in [1.54, 1.807) is 13.4 Å². The number of nitrogens with one attached hydrogen (secondary N) is 1. The van der Waals surface area contributed by atoms with Gasteiger partial charge in [0, 0.05) is 58.4 Å². The predicted molar refractivity (Wildman–Crippen MR) is 126 cm³/mol. The van der Waals surface area contributed by atoms with E-state index < -0.39 is 0 Å². The molecule has 0 radical (unpaired) electrons. The van der Waals surface area contributed by atoms with Gasteiger partial charge < -0.3 is 24.1 Å². The molecule has 3 heterocycles. The van der Waals surface area contributed by atoms with E-state index in [1.165, 1.54) is 0 Å². The summed E-state index contributed by atoms with van der Waals surface area (Å²) >= 11 is 0. The van der Waals surface area contributed by atoms with E-state index in [9.17, 15) is 0 Å². The van der Waals surface area contributed by atoms with Gasteiger partial charge in [-0.3, -0.25) is 9.89 Å². The molecule has 8 heteroatoms. The molecule has 0 spiro atoms. The molecule has 0 amide bonds. The average molecular weight is 520 g/mol. The fourth-order valence-corrected chi connectivity index (χ4v) is 4.16. The Morgan fingerprint density at radius 2 is 2.10 bits per heavy atom. The van der Waals surface area contributed by atoms with Gasteiger partial charge in [0.2, 0.25) is 0 Å². The van der Waals surface area contributed by atoms with Crippen LogP contribution in [-0.4, -0.2) is 87.0 Å². The van der Waals surface area contributed by atoms with Crippen LogP contribution in [-0.2, 0) is 15.9 Å². The van der Waals surface area contributed by atoms with Gasteiger partial charge >= 0.3 is 0 Å². The first-order valence-corrected chi connectivity index (χ1v) is 10.6. The first kappa shape index (κ1) is 24.4. The van der Waals surface area contributed by atoms with Gasteiger partial charge in [-0.05, 0) is 38.8 Å². The van der Waals surface area contributed by atoms with Crippen molar-refractivity contribution in [1.82, 2.24) is 15.1 Å². The van der Waals surface area contributed by atoms with Crippen LogP contribution in [0.1, 0.15) is 32.4 Å². The number of furan rings is 1. The zero-order valence-corrected chi connectivity index (χ0v) is 20.3. The molecule has 7 nitrogen and oxygen atoms in total. The van der Waals surface area contributed by atoms with Crippen molar-refractivity contribution in [3.05, 3.63) is 24.2 Å². The van der Waals surface area contributed by atoms with Gasteiger partial charge in [0.15, 0.2) is 5.96 Å². The molecule has 0 saturated carbocycles. The number of hydrogen-bond acceptors (Lipinski definition) is 5. The topological polar surface area (TPSA) is 62.5 Å². The third-order valence-electron chi connectivity index (χ3n) is 5.66. The van der Waals surface area contributed by atoms with Crippen molar-refractivity contribution in [2.45, 2.75) is 51.3 Å². The minimum Gasteiger partial charge on any atom is -0.469 e. The lowest BCUT2D eigenvalue weighted by Crippen LogP contribution is -2.60. The second-order valence-corrected chi connectivity index (χ2v) is 7.89. The Morgan fingerprint density at radius 1 is 1.31 bits per heavy atom. The summed E-state index contributed by atoms with van der Waals surface area (Å²) < 4.78 is 16.5. The highest BCUT2D eigenvalue weighted by Crippen LogP contribution is 2.17. The number of guanidine groups is 1. The first-order valence-electron chi connectivity index (χ1n) is 10.6. The van der Waals surface area contributed by atoms with E-state index in [0.717, 1.165) is 76.9 Å². The maximum atomic E-state index is 5.77. The highest BCUT2D eigenvalue weighted by atomic mass is 127. The second-order valence-electron chi connectivity index (χ2n) is 7.89. The molecule has 1 N–H and O–H groups in total. The number of hydrogen-bond donors (Lipinski definition) is 1. The Morgan fingerprint density at radius 3 is 2.72 bits per heavy atom. The first-order chi connectivity index (χ1) is 13.7. The van der Waals surface area contributed by atoms with Crippen LogP contribution in [0, 0.1) is 0 Å². The van der Waals surface area contributed by atoms with Crippen LogP contribution in [0.5, 0.6) is 0 Å². The summed E-state index contributed by atoms with van der Waals surface area (Å²) in [4.78, 5) is 9.86. The van der Waals surface area contributed by atoms with Crippen LogP contribution in [0.25, 0.3) is 0 Å². The van der Waals surface area contributed by atoms with Gasteiger partial charge in [-0.25, -0.2) is 0 Å². The minimum atomic E-state index is 0. The Balaban J connectivity index is 0.00000300. The van der Waals surface area contributed by atoms with Crippen LogP contribution < -0.4 is 5.32 Å². The number of piperazine rings is 1. The van der Waals surface area contributed by atoms with E-state index in [0.29, 0.717) is 12.1 Å². The third-order valence-corrected chi connectivity index (χ3v) is 5.66. The fourth-order valence-electron chi connectivity index (χ4n) is 4.16. The molecule has 1 aromatic rings. The standard InChI is InChI=1S/C21H36N4O3.HI/c1-17-15-24(16-18(2)25(17)10-13-26-3)21(23-14-20-7-5-12-28-20)22-9-8-19-6-4-11-27-19;/h4,6,11,17-18,20H,5,7-10,12-16H2,1-3H3,(H,22,23);1H. The summed E-state index contributed by atoms with van der Waals surface area (Å²) in [5.74, 6) is 1.99. The van der Waals surface area contributed by atoms with Crippen molar-refractivity contribution in [3.63, 3.8) is 0 Å². The van der Waals surface area contributed by atoms with Crippen LogP contribution in [0.2, 0.25) is 0 Å². The summed E-state index contributed by atoms with van der Waals surface area (Å²) in [7, 11) is 1.77. The lowest BCUT2D eigenvalue weighted by molar-refractivity contribution is 0.0441. The number of halogens is 1. The highest BCUT2D eigenvalue weighted by Gasteiger charge is 2.30. The number of nitrogens with zero attached hydrogens (tertiary/aromatic N) is 3. The van der Waals surface area contributed by atoms with Crippen LogP contribution >= 0.6 is 24.0 Å². The summed E-state index contributed by atoms with van der Waals surface area (Å²) in [5, 5.41) is 3.57. The average Bonchev–Trinajstić information content (AvgIpc) is 3.37. The maximum Gasteiger partial charge on any atom is 0.194 e. The van der Waals surface area contributed by atoms with Crippen molar-refractivity contribution >= 4 is 29.9 Å². The van der Waals surface area contributed by atoms with Crippen LogP contribution in [0.4, 0.5) is 0 Å². The Hall–Kier alpha value is -0.840. The van der Waals surface area contributed by atoms with E-state index in [4.69, 9.17) is 18.9 Å². The lowest BCUT2D eigenvalue weighted by Gasteiger charge is -2.45. The molecule has 29 heavy (non-hydrogen) atoms. The maximum absolute atomic E-state index is 5.77. The van der Waals surface area contributed by atoms with E-state index >= 15 is 0 Å². The largest absolute Gasteiger partial charge is 0.469 e. The van der Waals surface area contributed by atoms with Gasteiger partial charge in [-0.1, -0.05) is 0 Å². The Bertz CT molecular complexity index is 581. The normalized spacial score (nSPS) is 25.8. The van der Waals surface area contributed by atoms with Crippen LogP contribution in [0.3, 0.4) is 0 Å². The minimum absolute atomic E-state index is 0. The molecule has 0 aliphatic carbocycles. The Labute approximate surface area is 192 Å². The quantitative estimate of drug-likeness (QED) is 0.323. The smallest absolute Gasteiger partial charge is 0.194 e. The van der Waals surface area contributed by atoms with E-state index in [2.05, 4.69) is 29.0 Å². The zero-order valence-electron chi connectivity index (χ0n) is 18.0. The Kier molecular flexibility index (Phi) is 10.8. The second kappa shape index (κ2) is 12.8. The molecule has 2 fully saturated rings. The zero-order chi connectivity index (χ0) is 19.8. The summed E-state index contributed by atoms with van der Waals surface area (Å²) in [6, 6.07) is 4.87. The van der Waals surface area contributed by atoms with Crippen molar-refractivity contribution < 1.29 is 13.9 Å². The molecule has 2 aliphatic heterocycles. The number of ether oxygens (including phenoxy) is 2. The molecule has 2 aliphatic rings. The predicted octanol–water partition coefficient (Wildman–Crippen LogP) is 2.61. The molecule has 0 bridgehead atoms. The molecule has 1 aromatic heterocycles. The molecule has 166 valence electrons. The van der Waals surface area contributed by atoms with Crippen molar-refractivity contribution in [2.75, 3.05) is 53.0 Å². The number of methoxy groups -OCH3 is 1. The van der Waals surface area contributed by atoms with Crippen molar-refractivity contribution in [2.24, 2.45) is 4.99 Å².